The van der Waals surface area contributed by atoms with Gasteiger partial charge in [0, 0.05) is 12.6 Å². The largest absolute Gasteiger partial charge is 0.382 e. The van der Waals surface area contributed by atoms with E-state index in [4.69, 9.17) is 5.73 Å². The predicted molar refractivity (Wildman–Crippen MR) is 87.8 cm³/mol. The van der Waals surface area contributed by atoms with E-state index in [0.717, 1.165) is 32.5 Å². The van der Waals surface area contributed by atoms with E-state index in [-0.39, 0.29) is 11.9 Å². The lowest BCUT2D eigenvalue weighted by atomic mass is 9.97. The average Bonchev–Trinajstić information content (AvgIpc) is 2.77. The van der Waals surface area contributed by atoms with E-state index >= 15 is 0 Å². The number of rotatable bonds is 5. The molecule has 4 N–H and O–H groups in total. The number of carbonyl (C=O) groups excluding carboxylic acids is 1. The van der Waals surface area contributed by atoms with Crippen molar-refractivity contribution in [2.24, 2.45) is 5.92 Å². The van der Waals surface area contributed by atoms with Crippen LogP contribution in [-0.2, 0) is 0 Å². The fourth-order valence-electron chi connectivity index (χ4n) is 2.39. The Kier molecular flexibility index (Phi) is 5.41. The van der Waals surface area contributed by atoms with Crippen LogP contribution in [0.25, 0.3) is 0 Å². The van der Waals surface area contributed by atoms with Gasteiger partial charge in [-0.2, -0.15) is 0 Å². The Morgan fingerprint density at radius 1 is 1.48 bits per heavy atom. The number of piperidine rings is 1. The van der Waals surface area contributed by atoms with Gasteiger partial charge in [-0.25, -0.2) is 4.98 Å². The Bertz CT molecular complexity index is 480. The molecule has 1 amide bonds. The van der Waals surface area contributed by atoms with Crippen LogP contribution in [0.4, 0.5) is 10.9 Å². The molecule has 0 bridgehead atoms. The Hall–Kier alpha value is -1.34. The molecule has 6 nitrogen and oxygen atoms in total. The monoisotopic (exact) mass is 311 g/mol. The summed E-state index contributed by atoms with van der Waals surface area (Å²) in [4.78, 5) is 19.2. The first-order valence-electron chi connectivity index (χ1n) is 7.45. The number of hydrogen-bond acceptors (Lipinski definition) is 6. The van der Waals surface area contributed by atoms with Crippen LogP contribution in [0.3, 0.4) is 0 Å². The Labute approximate surface area is 130 Å². The molecule has 0 aromatic carbocycles. The molecule has 2 heterocycles. The molecule has 0 spiro atoms. The molecule has 0 aliphatic carbocycles. The molecule has 0 radical (unpaired) electrons. The standard InChI is InChI=1S/C14H25N5OS/c1-9(2)17-14-18-12(15)11(21-14)13(20)16-8-10-4-6-19(3)7-5-10/h9-10H,4-8,15H2,1-3H3,(H,16,20)(H,17,18). The Morgan fingerprint density at radius 2 is 2.14 bits per heavy atom. The summed E-state index contributed by atoms with van der Waals surface area (Å²) >= 11 is 1.32. The highest BCUT2D eigenvalue weighted by Crippen LogP contribution is 2.25. The van der Waals surface area contributed by atoms with Gasteiger partial charge in [-0.3, -0.25) is 4.79 Å². The van der Waals surface area contributed by atoms with Crippen LogP contribution in [0.2, 0.25) is 0 Å². The van der Waals surface area contributed by atoms with Gasteiger partial charge in [0.25, 0.3) is 5.91 Å². The average molecular weight is 311 g/mol. The molecule has 1 aromatic heterocycles. The third-order valence-electron chi connectivity index (χ3n) is 3.66. The van der Waals surface area contributed by atoms with Crippen LogP contribution < -0.4 is 16.4 Å². The molecule has 7 heteroatoms. The number of nitrogen functional groups attached to an aromatic ring is 1. The van der Waals surface area contributed by atoms with Crippen LogP contribution in [0.5, 0.6) is 0 Å². The second-order valence-corrected chi connectivity index (χ2v) is 6.99. The number of likely N-dealkylation sites (tertiary alicyclic amines) is 1. The van der Waals surface area contributed by atoms with E-state index in [1.54, 1.807) is 0 Å². The molecular weight excluding hydrogens is 286 g/mol. The Balaban J connectivity index is 1.87. The van der Waals surface area contributed by atoms with Crippen molar-refractivity contribution >= 4 is 28.2 Å². The molecule has 1 saturated heterocycles. The highest BCUT2D eigenvalue weighted by atomic mass is 32.1. The zero-order chi connectivity index (χ0) is 15.4. The molecule has 2 rings (SSSR count). The molecule has 0 unspecified atom stereocenters. The fourth-order valence-corrected chi connectivity index (χ4v) is 3.33. The molecule has 1 fully saturated rings. The minimum Gasteiger partial charge on any atom is -0.382 e. The highest BCUT2D eigenvalue weighted by molar-refractivity contribution is 7.18. The molecule has 1 aliphatic rings. The number of carbonyl (C=O) groups is 1. The number of hydrogen-bond donors (Lipinski definition) is 3. The van der Waals surface area contributed by atoms with Crippen LogP contribution in [-0.4, -0.2) is 48.5 Å². The van der Waals surface area contributed by atoms with Crippen molar-refractivity contribution in [3.8, 4) is 0 Å². The molecule has 1 aliphatic heterocycles. The molecule has 118 valence electrons. The minimum atomic E-state index is -0.110. The molecule has 1 aromatic rings. The fraction of sp³-hybridized carbons (Fsp3) is 0.714. The first kappa shape index (κ1) is 16.0. The minimum absolute atomic E-state index is 0.110. The van der Waals surface area contributed by atoms with Gasteiger partial charge in [-0.15, -0.1) is 0 Å². The van der Waals surface area contributed by atoms with Gasteiger partial charge < -0.3 is 21.3 Å². The van der Waals surface area contributed by atoms with Gasteiger partial charge in [-0.05, 0) is 52.7 Å². The summed E-state index contributed by atoms with van der Waals surface area (Å²) in [7, 11) is 2.13. The highest BCUT2D eigenvalue weighted by Gasteiger charge is 2.20. The van der Waals surface area contributed by atoms with E-state index in [1.807, 2.05) is 13.8 Å². The third kappa shape index (κ3) is 4.57. The second kappa shape index (κ2) is 7.09. The van der Waals surface area contributed by atoms with Crippen molar-refractivity contribution in [1.29, 1.82) is 0 Å². The molecular formula is C14H25N5OS. The lowest BCUT2D eigenvalue weighted by Crippen LogP contribution is -2.36. The van der Waals surface area contributed by atoms with Gasteiger partial charge >= 0.3 is 0 Å². The second-order valence-electron chi connectivity index (χ2n) is 5.99. The smallest absolute Gasteiger partial charge is 0.265 e. The maximum atomic E-state index is 12.2. The summed E-state index contributed by atoms with van der Waals surface area (Å²) in [5.74, 6) is 0.761. The first-order valence-corrected chi connectivity index (χ1v) is 8.27. The number of anilines is 2. The summed E-state index contributed by atoms with van der Waals surface area (Å²) in [5, 5.41) is 6.87. The van der Waals surface area contributed by atoms with E-state index < -0.39 is 0 Å². The Morgan fingerprint density at radius 3 is 2.76 bits per heavy atom. The van der Waals surface area contributed by atoms with Crippen molar-refractivity contribution < 1.29 is 4.79 Å². The van der Waals surface area contributed by atoms with Crippen molar-refractivity contribution in [3.05, 3.63) is 4.88 Å². The van der Waals surface area contributed by atoms with Crippen LogP contribution in [0.1, 0.15) is 36.4 Å². The zero-order valence-corrected chi connectivity index (χ0v) is 13.8. The maximum absolute atomic E-state index is 12.2. The summed E-state index contributed by atoms with van der Waals surface area (Å²) in [5.41, 5.74) is 5.84. The number of thiazole rings is 1. The molecule has 0 atom stereocenters. The maximum Gasteiger partial charge on any atom is 0.265 e. The van der Waals surface area contributed by atoms with Crippen LogP contribution >= 0.6 is 11.3 Å². The van der Waals surface area contributed by atoms with Crippen molar-refractivity contribution in [1.82, 2.24) is 15.2 Å². The number of amides is 1. The van der Waals surface area contributed by atoms with E-state index in [0.29, 0.717) is 21.7 Å². The lowest BCUT2D eigenvalue weighted by molar-refractivity contribution is 0.0944. The van der Waals surface area contributed by atoms with E-state index in [2.05, 4.69) is 27.6 Å². The predicted octanol–water partition coefficient (Wildman–Crippen LogP) is 1.62. The van der Waals surface area contributed by atoms with E-state index in [9.17, 15) is 4.79 Å². The lowest BCUT2D eigenvalue weighted by Gasteiger charge is -2.28. The topological polar surface area (TPSA) is 83.3 Å². The zero-order valence-electron chi connectivity index (χ0n) is 13.0. The number of nitrogens with two attached hydrogens (primary N) is 1. The number of nitrogens with zero attached hydrogens (tertiary/aromatic N) is 2. The van der Waals surface area contributed by atoms with Crippen molar-refractivity contribution in [2.75, 3.05) is 37.7 Å². The number of aromatic nitrogens is 1. The third-order valence-corrected chi connectivity index (χ3v) is 4.66. The van der Waals surface area contributed by atoms with Crippen molar-refractivity contribution in [2.45, 2.75) is 32.7 Å². The normalized spacial score (nSPS) is 17.1. The summed E-state index contributed by atoms with van der Waals surface area (Å²) < 4.78 is 0. The van der Waals surface area contributed by atoms with E-state index in [1.165, 1.54) is 11.3 Å². The van der Waals surface area contributed by atoms with Crippen LogP contribution in [0, 0.1) is 5.92 Å². The summed E-state index contributed by atoms with van der Waals surface area (Å²) in [6.45, 7) is 6.98. The van der Waals surface area contributed by atoms with Gasteiger partial charge in [0.2, 0.25) is 0 Å². The van der Waals surface area contributed by atoms with Gasteiger partial charge in [0.15, 0.2) is 5.13 Å². The van der Waals surface area contributed by atoms with Gasteiger partial charge in [-0.1, -0.05) is 11.3 Å². The SMILES string of the molecule is CC(C)Nc1nc(N)c(C(=O)NCC2CCN(C)CC2)s1. The van der Waals surface area contributed by atoms with Crippen molar-refractivity contribution in [3.63, 3.8) is 0 Å². The van der Waals surface area contributed by atoms with Gasteiger partial charge in [0.05, 0.1) is 0 Å². The quantitative estimate of drug-likeness (QED) is 0.769. The summed E-state index contributed by atoms with van der Waals surface area (Å²) in [6.07, 6.45) is 2.27. The molecule has 21 heavy (non-hydrogen) atoms. The summed E-state index contributed by atoms with van der Waals surface area (Å²) in [6, 6.07) is 0.269. The van der Waals surface area contributed by atoms with Crippen LogP contribution in [0.15, 0.2) is 0 Å². The first-order chi connectivity index (χ1) is 9.95. The van der Waals surface area contributed by atoms with Gasteiger partial charge in [0.1, 0.15) is 10.7 Å². The molecule has 0 saturated carbocycles. The number of nitrogens with one attached hydrogen (secondary N) is 2.